The number of hydrogen-bond acceptors (Lipinski definition) is 3. The SMILES string of the molecule is CC(=O)c1csc(S)c1. The van der Waals surface area contributed by atoms with Crippen molar-refractivity contribution in [3.8, 4) is 0 Å². The first-order valence-corrected chi connectivity index (χ1v) is 3.81. The van der Waals surface area contributed by atoms with Gasteiger partial charge in [-0.2, -0.15) is 0 Å². The quantitative estimate of drug-likeness (QED) is 0.490. The summed E-state index contributed by atoms with van der Waals surface area (Å²) in [5, 5.41) is 1.81. The largest absolute Gasteiger partial charge is 0.294 e. The molecule has 0 aliphatic rings. The molecule has 48 valence electrons. The number of carbonyl (C=O) groups excluding carboxylic acids is 1. The second-order valence-electron chi connectivity index (χ2n) is 1.73. The monoisotopic (exact) mass is 158 g/mol. The molecule has 0 atom stereocenters. The molecule has 1 heterocycles. The molecule has 3 heteroatoms. The van der Waals surface area contributed by atoms with Crippen LogP contribution in [-0.2, 0) is 0 Å². The van der Waals surface area contributed by atoms with Crippen molar-refractivity contribution >= 4 is 29.7 Å². The Bertz CT molecular complexity index is 227. The number of carbonyl (C=O) groups is 1. The summed E-state index contributed by atoms with van der Waals surface area (Å²) in [6.45, 7) is 1.55. The molecule has 0 unspecified atom stereocenters. The van der Waals surface area contributed by atoms with Gasteiger partial charge in [0.25, 0.3) is 0 Å². The zero-order valence-electron chi connectivity index (χ0n) is 4.92. The Morgan fingerprint density at radius 2 is 2.44 bits per heavy atom. The number of thiol groups is 1. The molecule has 0 N–H and O–H groups in total. The van der Waals surface area contributed by atoms with Gasteiger partial charge in [0.1, 0.15) is 0 Å². The minimum absolute atomic E-state index is 0.103. The van der Waals surface area contributed by atoms with E-state index in [2.05, 4.69) is 12.6 Å². The lowest BCUT2D eigenvalue weighted by molar-refractivity contribution is 0.101. The number of ketones is 1. The molecule has 0 spiro atoms. The van der Waals surface area contributed by atoms with Gasteiger partial charge in [-0.1, -0.05) is 0 Å². The standard InChI is InChI=1S/C6H6OS2/c1-4(7)5-2-6(8)9-3-5/h2-3,8H,1H3. The minimum atomic E-state index is 0.103. The number of hydrogen-bond donors (Lipinski definition) is 1. The first-order chi connectivity index (χ1) is 4.20. The Morgan fingerprint density at radius 1 is 1.78 bits per heavy atom. The summed E-state index contributed by atoms with van der Waals surface area (Å²) in [7, 11) is 0. The summed E-state index contributed by atoms with van der Waals surface area (Å²) in [5.74, 6) is 0.103. The predicted octanol–water partition coefficient (Wildman–Crippen LogP) is 2.24. The molecule has 0 amide bonds. The molecule has 0 bridgehead atoms. The first-order valence-electron chi connectivity index (χ1n) is 2.48. The van der Waals surface area contributed by atoms with Gasteiger partial charge < -0.3 is 0 Å². The van der Waals surface area contributed by atoms with Crippen LogP contribution < -0.4 is 0 Å². The molecule has 0 saturated heterocycles. The van der Waals surface area contributed by atoms with Crippen molar-refractivity contribution in [1.29, 1.82) is 0 Å². The summed E-state index contributed by atoms with van der Waals surface area (Å²) in [5.41, 5.74) is 0.755. The molecule has 0 aromatic carbocycles. The van der Waals surface area contributed by atoms with Crippen LogP contribution in [0.25, 0.3) is 0 Å². The van der Waals surface area contributed by atoms with Gasteiger partial charge in [0.05, 0.1) is 4.21 Å². The lowest BCUT2D eigenvalue weighted by Crippen LogP contribution is -1.85. The van der Waals surface area contributed by atoms with E-state index in [0.717, 1.165) is 9.77 Å². The van der Waals surface area contributed by atoms with Gasteiger partial charge in [-0.15, -0.1) is 24.0 Å². The van der Waals surface area contributed by atoms with Crippen molar-refractivity contribution in [2.45, 2.75) is 11.1 Å². The lowest BCUT2D eigenvalue weighted by atomic mass is 10.2. The van der Waals surface area contributed by atoms with Crippen molar-refractivity contribution in [2.24, 2.45) is 0 Å². The molecule has 0 aliphatic carbocycles. The van der Waals surface area contributed by atoms with E-state index in [-0.39, 0.29) is 5.78 Å². The Labute approximate surface area is 63.1 Å². The third kappa shape index (κ3) is 1.56. The summed E-state index contributed by atoms with van der Waals surface area (Å²) < 4.78 is 0.889. The average Bonchev–Trinajstić information content (AvgIpc) is 2.14. The normalized spacial score (nSPS) is 9.56. The van der Waals surface area contributed by atoms with Crippen LogP contribution in [0.4, 0.5) is 0 Å². The zero-order valence-corrected chi connectivity index (χ0v) is 6.63. The van der Waals surface area contributed by atoms with E-state index in [4.69, 9.17) is 0 Å². The van der Waals surface area contributed by atoms with Crippen molar-refractivity contribution in [2.75, 3.05) is 0 Å². The third-order valence-corrected chi connectivity index (χ3v) is 2.17. The van der Waals surface area contributed by atoms with E-state index in [9.17, 15) is 4.79 Å². The molecule has 0 saturated carbocycles. The fourth-order valence-corrected chi connectivity index (χ4v) is 1.48. The second-order valence-corrected chi connectivity index (χ2v) is 3.43. The molecule has 1 rings (SSSR count). The topological polar surface area (TPSA) is 17.1 Å². The molecule has 0 radical (unpaired) electrons. The lowest BCUT2D eigenvalue weighted by Gasteiger charge is -1.80. The molecule has 9 heavy (non-hydrogen) atoms. The smallest absolute Gasteiger partial charge is 0.160 e. The van der Waals surface area contributed by atoms with Crippen LogP contribution in [0.1, 0.15) is 17.3 Å². The maximum atomic E-state index is 10.6. The Kier molecular flexibility index (Phi) is 1.93. The van der Waals surface area contributed by atoms with Gasteiger partial charge in [-0.3, -0.25) is 4.79 Å². The van der Waals surface area contributed by atoms with E-state index in [1.165, 1.54) is 11.3 Å². The predicted molar refractivity (Wildman–Crippen MR) is 41.6 cm³/mol. The maximum Gasteiger partial charge on any atom is 0.160 e. The van der Waals surface area contributed by atoms with Gasteiger partial charge >= 0.3 is 0 Å². The van der Waals surface area contributed by atoms with Gasteiger partial charge in [-0.05, 0) is 13.0 Å². The van der Waals surface area contributed by atoms with Gasteiger partial charge in [-0.25, -0.2) is 0 Å². The Balaban J connectivity index is 2.98. The second kappa shape index (κ2) is 2.54. The number of Topliss-reactive ketones (excluding diaryl/α,β-unsaturated/α-hetero) is 1. The zero-order chi connectivity index (χ0) is 6.85. The molecule has 1 aromatic rings. The Hall–Kier alpha value is -0.280. The van der Waals surface area contributed by atoms with Crippen molar-refractivity contribution in [3.63, 3.8) is 0 Å². The van der Waals surface area contributed by atoms with Crippen LogP contribution in [0.15, 0.2) is 15.7 Å². The van der Waals surface area contributed by atoms with Crippen LogP contribution in [0, 0.1) is 0 Å². The summed E-state index contributed by atoms with van der Waals surface area (Å²) >= 11 is 5.54. The fourth-order valence-electron chi connectivity index (χ4n) is 0.510. The van der Waals surface area contributed by atoms with Crippen molar-refractivity contribution < 1.29 is 4.79 Å². The molecule has 1 aromatic heterocycles. The summed E-state index contributed by atoms with van der Waals surface area (Å²) in [4.78, 5) is 10.6. The highest BCUT2D eigenvalue weighted by molar-refractivity contribution is 7.82. The van der Waals surface area contributed by atoms with Gasteiger partial charge in [0, 0.05) is 10.9 Å². The van der Waals surface area contributed by atoms with E-state index in [1.807, 2.05) is 5.38 Å². The van der Waals surface area contributed by atoms with E-state index in [1.54, 1.807) is 13.0 Å². The highest BCUT2D eigenvalue weighted by Gasteiger charge is 1.99. The van der Waals surface area contributed by atoms with Crippen LogP contribution in [0.3, 0.4) is 0 Å². The fraction of sp³-hybridized carbons (Fsp3) is 0.167. The summed E-state index contributed by atoms with van der Waals surface area (Å²) in [6, 6.07) is 1.77. The Morgan fingerprint density at radius 3 is 2.67 bits per heavy atom. The molecular weight excluding hydrogens is 152 g/mol. The number of rotatable bonds is 1. The average molecular weight is 158 g/mol. The molecular formula is C6H6OS2. The van der Waals surface area contributed by atoms with Crippen molar-refractivity contribution in [1.82, 2.24) is 0 Å². The van der Waals surface area contributed by atoms with Crippen LogP contribution in [-0.4, -0.2) is 5.78 Å². The van der Waals surface area contributed by atoms with Gasteiger partial charge in [0.15, 0.2) is 5.78 Å². The van der Waals surface area contributed by atoms with Crippen LogP contribution in [0.2, 0.25) is 0 Å². The first kappa shape index (κ1) is 6.83. The van der Waals surface area contributed by atoms with E-state index < -0.39 is 0 Å². The van der Waals surface area contributed by atoms with Crippen LogP contribution in [0.5, 0.6) is 0 Å². The maximum absolute atomic E-state index is 10.6. The highest BCUT2D eigenvalue weighted by atomic mass is 32.2. The molecule has 0 fully saturated rings. The molecule has 0 aliphatic heterocycles. The van der Waals surface area contributed by atoms with E-state index in [0.29, 0.717) is 0 Å². The highest BCUT2D eigenvalue weighted by Crippen LogP contribution is 2.17. The van der Waals surface area contributed by atoms with Crippen LogP contribution >= 0.6 is 24.0 Å². The van der Waals surface area contributed by atoms with Crippen molar-refractivity contribution in [3.05, 3.63) is 17.0 Å². The minimum Gasteiger partial charge on any atom is -0.294 e. The number of thiophene rings is 1. The third-order valence-electron chi connectivity index (χ3n) is 0.992. The van der Waals surface area contributed by atoms with E-state index >= 15 is 0 Å². The van der Waals surface area contributed by atoms with Gasteiger partial charge in [0.2, 0.25) is 0 Å². The molecule has 1 nitrogen and oxygen atoms in total. The summed E-state index contributed by atoms with van der Waals surface area (Å²) in [6.07, 6.45) is 0.